The fraction of sp³-hybridized carbons (Fsp3) is 0.467. The van der Waals surface area contributed by atoms with Crippen LogP contribution in [0.5, 0.6) is 0 Å². The average Bonchev–Trinajstić information content (AvgIpc) is 3.22. The van der Waals surface area contributed by atoms with Crippen molar-refractivity contribution < 1.29 is 9.59 Å². The Hall–Kier alpha value is -2.04. The highest BCUT2D eigenvalue weighted by atomic mass is 16.2. The molecule has 1 fully saturated rings. The maximum absolute atomic E-state index is 11.6. The molecule has 1 saturated carbocycles. The van der Waals surface area contributed by atoms with Crippen LogP contribution in [-0.4, -0.2) is 36.0 Å². The lowest BCUT2D eigenvalue weighted by Gasteiger charge is -2.21. The Morgan fingerprint density at radius 1 is 1.25 bits per heavy atom. The molecule has 108 valence electrons. The summed E-state index contributed by atoms with van der Waals surface area (Å²) in [5.41, 5.74) is 1.09. The van der Waals surface area contributed by atoms with Crippen LogP contribution in [0.1, 0.15) is 25.3 Å². The third-order valence-corrected chi connectivity index (χ3v) is 3.24. The smallest absolute Gasteiger partial charge is 0.315 e. The van der Waals surface area contributed by atoms with Gasteiger partial charge in [0.15, 0.2) is 0 Å². The number of nitrogens with zero attached hydrogens (tertiary/aromatic N) is 1. The molecular weight excluding hydrogens is 254 g/mol. The molecule has 2 rings (SSSR count). The molecule has 3 amide bonds. The average molecular weight is 275 g/mol. The SMILES string of the molecule is CC(=O)N(CCNC(=O)NC1CC1)Cc1ccccc1. The summed E-state index contributed by atoms with van der Waals surface area (Å²) < 4.78 is 0. The standard InChI is InChI=1S/C15H21N3O2/c1-12(19)18(11-13-5-3-2-4-6-13)10-9-16-15(20)17-14-7-8-14/h2-6,14H,7-11H2,1H3,(H2,16,17,20). The van der Waals surface area contributed by atoms with E-state index in [2.05, 4.69) is 10.6 Å². The van der Waals surface area contributed by atoms with Crippen LogP contribution >= 0.6 is 0 Å². The lowest BCUT2D eigenvalue weighted by atomic mass is 10.2. The molecule has 5 heteroatoms. The lowest BCUT2D eigenvalue weighted by molar-refractivity contribution is -0.129. The van der Waals surface area contributed by atoms with E-state index in [4.69, 9.17) is 0 Å². The van der Waals surface area contributed by atoms with Crippen molar-refractivity contribution in [2.45, 2.75) is 32.4 Å². The fourth-order valence-corrected chi connectivity index (χ4v) is 1.92. The maximum atomic E-state index is 11.6. The van der Waals surface area contributed by atoms with Crippen molar-refractivity contribution in [3.63, 3.8) is 0 Å². The second-order valence-corrected chi connectivity index (χ2v) is 5.10. The first kappa shape index (κ1) is 14.4. The highest BCUT2D eigenvalue weighted by Gasteiger charge is 2.22. The molecule has 1 aromatic carbocycles. The van der Waals surface area contributed by atoms with Gasteiger partial charge in [0.05, 0.1) is 0 Å². The van der Waals surface area contributed by atoms with Gasteiger partial charge in [0, 0.05) is 32.6 Å². The van der Waals surface area contributed by atoms with Gasteiger partial charge in [0.25, 0.3) is 0 Å². The number of urea groups is 1. The third kappa shape index (κ3) is 4.91. The second kappa shape index (κ2) is 6.93. The van der Waals surface area contributed by atoms with Crippen molar-refractivity contribution in [3.8, 4) is 0 Å². The number of carbonyl (C=O) groups excluding carboxylic acids is 2. The van der Waals surface area contributed by atoms with Crippen LogP contribution < -0.4 is 10.6 Å². The monoisotopic (exact) mass is 275 g/mol. The Bertz CT molecular complexity index is 457. The van der Waals surface area contributed by atoms with Crippen LogP contribution in [0, 0.1) is 0 Å². The van der Waals surface area contributed by atoms with Gasteiger partial charge in [-0.1, -0.05) is 30.3 Å². The first-order chi connectivity index (χ1) is 9.65. The molecule has 0 unspecified atom stereocenters. The lowest BCUT2D eigenvalue weighted by Crippen LogP contribution is -2.42. The summed E-state index contributed by atoms with van der Waals surface area (Å²) in [7, 11) is 0. The van der Waals surface area contributed by atoms with E-state index in [9.17, 15) is 9.59 Å². The molecule has 0 atom stereocenters. The predicted molar refractivity (Wildman–Crippen MR) is 77.1 cm³/mol. The summed E-state index contributed by atoms with van der Waals surface area (Å²) >= 11 is 0. The zero-order valence-corrected chi connectivity index (χ0v) is 11.8. The Morgan fingerprint density at radius 2 is 1.95 bits per heavy atom. The molecule has 0 spiro atoms. The van der Waals surface area contributed by atoms with Crippen LogP contribution in [-0.2, 0) is 11.3 Å². The number of rotatable bonds is 6. The summed E-state index contributed by atoms with van der Waals surface area (Å²) in [5, 5.41) is 5.63. The minimum Gasteiger partial charge on any atom is -0.337 e. The minimum atomic E-state index is -0.143. The summed E-state index contributed by atoms with van der Waals surface area (Å²) in [6.45, 7) is 3.10. The molecule has 0 aromatic heterocycles. The third-order valence-electron chi connectivity index (χ3n) is 3.24. The number of benzene rings is 1. The van der Waals surface area contributed by atoms with Gasteiger partial charge in [-0.15, -0.1) is 0 Å². The van der Waals surface area contributed by atoms with Gasteiger partial charge in [-0.25, -0.2) is 4.79 Å². The molecule has 1 aliphatic rings. The van der Waals surface area contributed by atoms with E-state index in [-0.39, 0.29) is 11.9 Å². The van der Waals surface area contributed by atoms with Crippen molar-refractivity contribution in [3.05, 3.63) is 35.9 Å². The van der Waals surface area contributed by atoms with Gasteiger partial charge in [-0.2, -0.15) is 0 Å². The van der Waals surface area contributed by atoms with Crippen LogP contribution in [0.25, 0.3) is 0 Å². The van der Waals surface area contributed by atoms with Gasteiger partial charge in [0.2, 0.25) is 5.91 Å². The zero-order chi connectivity index (χ0) is 14.4. The van der Waals surface area contributed by atoms with E-state index in [0.717, 1.165) is 18.4 Å². The summed E-state index contributed by atoms with van der Waals surface area (Å²) in [6.07, 6.45) is 2.14. The largest absolute Gasteiger partial charge is 0.337 e. The van der Waals surface area contributed by atoms with Crippen molar-refractivity contribution in [1.29, 1.82) is 0 Å². The number of nitrogens with one attached hydrogen (secondary N) is 2. The molecule has 20 heavy (non-hydrogen) atoms. The summed E-state index contributed by atoms with van der Waals surface area (Å²) in [5.74, 6) is 0.0123. The molecule has 5 nitrogen and oxygen atoms in total. The van der Waals surface area contributed by atoms with Gasteiger partial charge >= 0.3 is 6.03 Å². The van der Waals surface area contributed by atoms with E-state index in [1.807, 2.05) is 30.3 Å². The topological polar surface area (TPSA) is 61.4 Å². The predicted octanol–water partition coefficient (Wildman–Crippen LogP) is 1.50. The number of hydrogen-bond donors (Lipinski definition) is 2. The van der Waals surface area contributed by atoms with Crippen LogP contribution in [0.3, 0.4) is 0 Å². The molecule has 0 heterocycles. The Balaban J connectivity index is 1.74. The number of amides is 3. The van der Waals surface area contributed by atoms with Gasteiger partial charge in [-0.05, 0) is 18.4 Å². The molecule has 0 saturated heterocycles. The maximum Gasteiger partial charge on any atom is 0.315 e. The molecule has 0 bridgehead atoms. The van der Waals surface area contributed by atoms with Crippen LogP contribution in [0.2, 0.25) is 0 Å². The molecule has 0 aliphatic heterocycles. The van der Waals surface area contributed by atoms with E-state index in [0.29, 0.717) is 25.7 Å². The normalized spacial score (nSPS) is 13.7. The first-order valence-electron chi connectivity index (χ1n) is 6.99. The Morgan fingerprint density at radius 3 is 2.55 bits per heavy atom. The minimum absolute atomic E-state index is 0.0123. The van der Waals surface area contributed by atoms with Gasteiger partial charge in [0.1, 0.15) is 0 Å². The van der Waals surface area contributed by atoms with Crippen molar-refractivity contribution in [2.75, 3.05) is 13.1 Å². The van der Waals surface area contributed by atoms with E-state index in [1.54, 1.807) is 11.8 Å². The highest BCUT2D eigenvalue weighted by molar-refractivity contribution is 5.75. The molecule has 0 radical (unpaired) electrons. The summed E-state index contributed by atoms with van der Waals surface area (Å²) in [4.78, 5) is 24.8. The van der Waals surface area contributed by atoms with Crippen LogP contribution in [0.15, 0.2) is 30.3 Å². The molecule has 2 N–H and O–H groups in total. The zero-order valence-electron chi connectivity index (χ0n) is 11.8. The quantitative estimate of drug-likeness (QED) is 0.826. The molecule has 1 aliphatic carbocycles. The molecule has 1 aromatic rings. The number of hydrogen-bond acceptors (Lipinski definition) is 2. The van der Waals surface area contributed by atoms with Crippen molar-refractivity contribution in [2.24, 2.45) is 0 Å². The van der Waals surface area contributed by atoms with Crippen LogP contribution in [0.4, 0.5) is 4.79 Å². The van der Waals surface area contributed by atoms with E-state index < -0.39 is 0 Å². The first-order valence-corrected chi connectivity index (χ1v) is 6.99. The van der Waals surface area contributed by atoms with Gasteiger partial charge in [-0.3, -0.25) is 4.79 Å². The highest BCUT2D eigenvalue weighted by Crippen LogP contribution is 2.18. The number of carbonyl (C=O) groups is 2. The van der Waals surface area contributed by atoms with E-state index in [1.165, 1.54) is 0 Å². The van der Waals surface area contributed by atoms with E-state index >= 15 is 0 Å². The Labute approximate surface area is 119 Å². The van der Waals surface area contributed by atoms with Gasteiger partial charge < -0.3 is 15.5 Å². The Kier molecular flexibility index (Phi) is 4.98. The van der Waals surface area contributed by atoms with Crippen molar-refractivity contribution >= 4 is 11.9 Å². The fourth-order valence-electron chi connectivity index (χ4n) is 1.92. The molecular formula is C15H21N3O2. The second-order valence-electron chi connectivity index (χ2n) is 5.10. The van der Waals surface area contributed by atoms with Crippen molar-refractivity contribution in [1.82, 2.24) is 15.5 Å². The summed E-state index contributed by atoms with van der Waals surface area (Å²) in [6, 6.07) is 10.0.